The summed E-state index contributed by atoms with van der Waals surface area (Å²) < 4.78 is 5.49. The van der Waals surface area contributed by atoms with E-state index in [9.17, 15) is 4.79 Å². The molecule has 2 fully saturated rings. The number of halogens is 1. The van der Waals surface area contributed by atoms with Crippen LogP contribution in [0.2, 0.25) is 5.02 Å². The van der Waals surface area contributed by atoms with Crippen LogP contribution in [0.5, 0.6) is 0 Å². The number of carbonyl (C=O) groups is 1. The van der Waals surface area contributed by atoms with Gasteiger partial charge in [-0.15, -0.1) is 0 Å². The lowest BCUT2D eigenvalue weighted by Gasteiger charge is -2.33. The Hall–Kier alpha value is -2.22. The maximum Gasteiger partial charge on any atom is 0.229 e. The fraction of sp³-hybridized carbons (Fsp3) is 0.522. The third-order valence-electron chi connectivity index (χ3n) is 6.20. The monoisotopic (exact) mass is 443 g/mol. The summed E-state index contributed by atoms with van der Waals surface area (Å²) >= 11 is 6.43. The molecule has 7 nitrogen and oxygen atoms in total. The molecule has 1 atom stereocenters. The van der Waals surface area contributed by atoms with Crippen molar-refractivity contribution in [2.24, 2.45) is 11.3 Å². The highest BCUT2D eigenvalue weighted by molar-refractivity contribution is 6.33. The molecule has 2 aliphatic heterocycles. The van der Waals surface area contributed by atoms with Crippen molar-refractivity contribution in [1.82, 2.24) is 15.3 Å². The van der Waals surface area contributed by atoms with Crippen molar-refractivity contribution in [2.45, 2.75) is 32.6 Å². The van der Waals surface area contributed by atoms with Crippen molar-refractivity contribution in [3.05, 3.63) is 35.5 Å². The van der Waals surface area contributed by atoms with Crippen LogP contribution in [0.1, 0.15) is 32.6 Å². The van der Waals surface area contributed by atoms with Gasteiger partial charge < -0.3 is 20.7 Å². The van der Waals surface area contributed by atoms with Crippen LogP contribution in [-0.4, -0.2) is 48.7 Å². The van der Waals surface area contributed by atoms with Gasteiger partial charge in [0.2, 0.25) is 5.91 Å². The Kier molecular flexibility index (Phi) is 7.05. The summed E-state index contributed by atoms with van der Waals surface area (Å²) in [5.41, 5.74) is 1.69. The number of hydrogen-bond donors (Lipinski definition) is 3. The molecule has 4 rings (SSSR count). The summed E-state index contributed by atoms with van der Waals surface area (Å²) in [5.74, 6) is 1.25. The van der Waals surface area contributed by atoms with E-state index in [0.29, 0.717) is 17.4 Å². The molecule has 0 aliphatic carbocycles. The number of nitrogens with zero attached hydrogens (tertiary/aromatic N) is 2. The normalized spacial score (nSPS) is 20.8. The maximum absolute atomic E-state index is 12.6. The molecule has 4 heterocycles. The minimum atomic E-state index is -0.0353. The molecule has 8 heteroatoms. The zero-order valence-corrected chi connectivity index (χ0v) is 18.7. The van der Waals surface area contributed by atoms with Crippen LogP contribution in [-0.2, 0) is 9.53 Å². The van der Waals surface area contributed by atoms with Crippen LogP contribution in [0.25, 0.3) is 11.3 Å². The molecule has 1 amide bonds. The van der Waals surface area contributed by atoms with E-state index in [2.05, 4.69) is 27.9 Å². The fourth-order valence-corrected chi connectivity index (χ4v) is 4.24. The molecule has 3 N–H and O–H groups in total. The second kappa shape index (κ2) is 9.94. The molecule has 2 aromatic rings. The van der Waals surface area contributed by atoms with Gasteiger partial charge in [0.15, 0.2) is 0 Å². The SMILES string of the molecule is CC1(CNc2cccc(-c3cc(NC(=O)C4CCCNC4)ncc3Cl)n2)CCOCC1. The molecule has 0 spiro atoms. The molecule has 0 radical (unpaired) electrons. The first-order chi connectivity index (χ1) is 15.0. The lowest BCUT2D eigenvalue weighted by Crippen LogP contribution is -2.37. The Morgan fingerprint density at radius 2 is 2.16 bits per heavy atom. The Morgan fingerprint density at radius 3 is 2.94 bits per heavy atom. The van der Waals surface area contributed by atoms with Gasteiger partial charge in [0, 0.05) is 38.1 Å². The topological polar surface area (TPSA) is 88.2 Å². The average Bonchev–Trinajstić information content (AvgIpc) is 2.80. The molecule has 0 aromatic carbocycles. The minimum Gasteiger partial charge on any atom is -0.381 e. The number of pyridine rings is 2. The first-order valence-corrected chi connectivity index (χ1v) is 11.4. The van der Waals surface area contributed by atoms with E-state index in [1.54, 1.807) is 12.3 Å². The number of anilines is 2. The summed E-state index contributed by atoms with van der Waals surface area (Å²) in [4.78, 5) is 21.6. The molecule has 2 aromatic heterocycles. The second-order valence-corrected chi connectivity index (χ2v) is 9.17. The van der Waals surface area contributed by atoms with Gasteiger partial charge in [0.05, 0.1) is 16.6 Å². The highest BCUT2D eigenvalue weighted by atomic mass is 35.5. The van der Waals surface area contributed by atoms with Crippen molar-refractivity contribution in [1.29, 1.82) is 0 Å². The van der Waals surface area contributed by atoms with E-state index in [4.69, 9.17) is 21.3 Å². The van der Waals surface area contributed by atoms with E-state index in [0.717, 1.165) is 69.1 Å². The number of rotatable bonds is 6. The smallest absolute Gasteiger partial charge is 0.229 e. The van der Waals surface area contributed by atoms with Gasteiger partial charge in [-0.25, -0.2) is 9.97 Å². The molecule has 0 saturated carbocycles. The molecule has 1 unspecified atom stereocenters. The van der Waals surface area contributed by atoms with Crippen molar-refractivity contribution in [3.63, 3.8) is 0 Å². The molecule has 0 bridgehead atoms. The van der Waals surface area contributed by atoms with Gasteiger partial charge in [0.25, 0.3) is 0 Å². The van der Waals surface area contributed by atoms with Crippen LogP contribution in [0, 0.1) is 11.3 Å². The summed E-state index contributed by atoms with van der Waals surface area (Å²) in [6.07, 6.45) is 5.54. The van der Waals surface area contributed by atoms with Crippen molar-refractivity contribution < 1.29 is 9.53 Å². The predicted molar refractivity (Wildman–Crippen MR) is 123 cm³/mol. The molecule has 166 valence electrons. The van der Waals surface area contributed by atoms with Crippen LogP contribution in [0.3, 0.4) is 0 Å². The van der Waals surface area contributed by atoms with Crippen molar-refractivity contribution in [2.75, 3.05) is 43.5 Å². The summed E-state index contributed by atoms with van der Waals surface area (Å²) in [7, 11) is 0. The van der Waals surface area contributed by atoms with E-state index in [1.807, 2.05) is 18.2 Å². The zero-order chi connectivity index (χ0) is 21.7. The number of aromatic nitrogens is 2. The number of ether oxygens (including phenoxy) is 1. The minimum absolute atomic E-state index is 0.0129. The highest BCUT2D eigenvalue weighted by Gasteiger charge is 2.27. The molecular formula is C23H30ClN5O2. The number of nitrogens with one attached hydrogen (secondary N) is 3. The molecule has 2 aliphatic rings. The van der Waals surface area contributed by atoms with Crippen molar-refractivity contribution >= 4 is 29.1 Å². The molecular weight excluding hydrogens is 414 g/mol. The maximum atomic E-state index is 12.6. The lowest BCUT2D eigenvalue weighted by molar-refractivity contribution is -0.120. The second-order valence-electron chi connectivity index (χ2n) is 8.77. The fourth-order valence-electron chi connectivity index (χ4n) is 4.04. The van der Waals surface area contributed by atoms with E-state index in [1.165, 1.54) is 0 Å². The van der Waals surface area contributed by atoms with E-state index >= 15 is 0 Å². The standard InChI is InChI=1S/C23H30ClN5O2/c1-23(7-10-31-11-8-23)15-27-20-6-2-5-19(28-20)17-12-21(26-14-18(17)24)29-22(30)16-4-3-9-25-13-16/h2,5-6,12,14,16,25H,3-4,7-11,13,15H2,1H3,(H,27,28)(H,26,29,30). The average molecular weight is 444 g/mol. The van der Waals surface area contributed by atoms with Gasteiger partial charge in [-0.05, 0) is 55.8 Å². The Morgan fingerprint density at radius 1 is 1.32 bits per heavy atom. The predicted octanol–water partition coefficient (Wildman–Crippen LogP) is 3.96. The third kappa shape index (κ3) is 5.73. The van der Waals surface area contributed by atoms with E-state index < -0.39 is 0 Å². The van der Waals surface area contributed by atoms with Gasteiger partial charge in [-0.2, -0.15) is 0 Å². The largest absolute Gasteiger partial charge is 0.381 e. The highest BCUT2D eigenvalue weighted by Crippen LogP contribution is 2.31. The number of amides is 1. The first-order valence-electron chi connectivity index (χ1n) is 11.0. The zero-order valence-electron chi connectivity index (χ0n) is 17.9. The molecule has 2 saturated heterocycles. The summed E-state index contributed by atoms with van der Waals surface area (Å²) in [6.45, 7) is 6.41. The quantitative estimate of drug-likeness (QED) is 0.626. The summed E-state index contributed by atoms with van der Waals surface area (Å²) in [6, 6.07) is 7.63. The van der Waals surface area contributed by atoms with E-state index in [-0.39, 0.29) is 17.2 Å². The Balaban J connectivity index is 1.46. The lowest BCUT2D eigenvalue weighted by atomic mass is 9.82. The van der Waals surface area contributed by atoms with Gasteiger partial charge in [-0.1, -0.05) is 24.6 Å². The van der Waals surface area contributed by atoms with Gasteiger partial charge in [-0.3, -0.25) is 4.79 Å². The Labute approximate surface area is 188 Å². The van der Waals surface area contributed by atoms with Crippen LogP contribution in [0.15, 0.2) is 30.5 Å². The molecule has 31 heavy (non-hydrogen) atoms. The van der Waals surface area contributed by atoms with Crippen molar-refractivity contribution in [3.8, 4) is 11.3 Å². The van der Waals surface area contributed by atoms with Crippen LogP contribution < -0.4 is 16.0 Å². The Bertz CT molecular complexity index is 911. The third-order valence-corrected chi connectivity index (χ3v) is 6.50. The van der Waals surface area contributed by atoms with Gasteiger partial charge >= 0.3 is 0 Å². The summed E-state index contributed by atoms with van der Waals surface area (Å²) in [5, 5.41) is 10.2. The van der Waals surface area contributed by atoms with Crippen LogP contribution in [0.4, 0.5) is 11.6 Å². The first kappa shape index (κ1) is 22.0. The van der Waals surface area contributed by atoms with Gasteiger partial charge in [0.1, 0.15) is 11.6 Å². The van der Waals surface area contributed by atoms with Crippen LogP contribution >= 0.6 is 11.6 Å². The number of piperidine rings is 1. The number of carbonyl (C=O) groups excluding carboxylic acids is 1. The number of hydrogen-bond acceptors (Lipinski definition) is 6.